The first-order chi connectivity index (χ1) is 11.6. The summed E-state index contributed by atoms with van der Waals surface area (Å²) in [7, 11) is 0. The number of halogens is 2. The Balaban J connectivity index is 1.68. The van der Waals surface area contributed by atoms with E-state index in [4.69, 9.17) is 23.2 Å². The van der Waals surface area contributed by atoms with Crippen molar-refractivity contribution in [3.8, 4) is 0 Å². The fourth-order valence-electron chi connectivity index (χ4n) is 2.76. The SMILES string of the molecule is O=C(Nc1cc(Cl)nc(Cl)c1)c1cn(CC2CC2)c2ncccc12. The molecule has 1 aliphatic carbocycles. The van der Waals surface area contributed by atoms with Gasteiger partial charge in [-0.25, -0.2) is 9.97 Å². The second-order valence-electron chi connectivity index (χ2n) is 5.97. The lowest BCUT2D eigenvalue weighted by Crippen LogP contribution is -2.11. The molecule has 0 aliphatic heterocycles. The molecule has 1 fully saturated rings. The van der Waals surface area contributed by atoms with Gasteiger partial charge in [0.2, 0.25) is 0 Å². The molecular formula is C17H14Cl2N4O. The Morgan fingerprint density at radius 1 is 1.29 bits per heavy atom. The number of nitrogens with one attached hydrogen (secondary N) is 1. The molecule has 1 saturated carbocycles. The van der Waals surface area contributed by atoms with Crippen LogP contribution in [-0.4, -0.2) is 20.4 Å². The monoisotopic (exact) mass is 360 g/mol. The Bertz CT molecular complexity index is 913. The average molecular weight is 361 g/mol. The minimum absolute atomic E-state index is 0.221. The number of hydrogen-bond acceptors (Lipinski definition) is 3. The predicted octanol–water partition coefficient (Wildman–Crippen LogP) is 4.40. The number of aromatic nitrogens is 3. The topological polar surface area (TPSA) is 59.8 Å². The van der Waals surface area contributed by atoms with Gasteiger partial charge in [-0.2, -0.15) is 0 Å². The number of amides is 1. The van der Waals surface area contributed by atoms with E-state index in [2.05, 4.69) is 19.9 Å². The molecule has 3 heterocycles. The number of hydrogen-bond donors (Lipinski definition) is 1. The van der Waals surface area contributed by atoms with E-state index in [1.54, 1.807) is 18.3 Å². The van der Waals surface area contributed by atoms with Crippen LogP contribution in [0.1, 0.15) is 23.2 Å². The normalized spacial score (nSPS) is 14.1. The van der Waals surface area contributed by atoms with Gasteiger partial charge in [0, 0.05) is 30.0 Å². The molecule has 0 aromatic carbocycles. The summed E-state index contributed by atoms with van der Waals surface area (Å²) >= 11 is 11.8. The average Bonchev–Trinajstić information content (AvgIpc) is 3.27. The van der Waals surface area contributed by atoms with Gasteiger partial charge in [-0.05, 0) is 43.0 Å². The Kier molecular flexibility index (Phi) is 3.90. The molecule has 0 atom stereocenters. The third-order valence-electron chi connectivity index (χ3n) is 4.05. The molecule has 24 heavy (non-hydrogen) atoms. The lowest BCUT2D eigenvalue weighted by molar-refractivity contribution is 0.102. The summed E-state index contributed by atoms with van der Waals surface area (Å²) in [5.74, 6) is 0.470. The van der Waals surface area contributed by atoms with E-state index in [0.717, 1.165) is 17.6 Å². The maximum Gasteiger partial charge on any atom is 0.257 e. The van der Waals surface area contributed by atoms with Crippen molar-refractivity contribution < 1.29 is 4.79 Å². The fraction of sp³-hybridized carbons (Fsp3) is 0.235. The van der Waals surface area contributed by atoms with E-state index in [9.17, 15) is 4.79 Å². The van der Waals surface area contributed by atoms with Gasteiger partial charge in [-0.15, -0.1) is 0 Å². The van der Waals surface area contributed by atoms with E-state index in [1.807, 2.05) is 18.3 Å². The fourth-order valence-corrected chi connectivity index (χ4v) is 3.22. The number of carbonyl (C=O) groups is 1. The first-order valence-corrected chi connectivity index (χ1v) is 8.44. The molecule has 3 aromatic heterocycles. The molecule has 1 amide bonds. The van der Waals surface area contributed by atoms with Gasteiger partial charge in [0.15, 0.2) is 0 Å². The number of fused-ring (bicyclic) bond motifs is 1. The zero-order chi connectivity index (χ0) is 16.7. The van der Waals surface area contributed by atoms with Crippen LogP contribution in [0.2, 0.25) is 10.3 Å². The smallest absolute Gasteiger partial charge is 0.257 e. The molecule has 1 aliphatic rings. The van der Waals surface area contributed by atoms with Crippen LogP contribution < -0.4 is 5.32 Å². The molecule has 7 heteroatoms. The molecule has 0 radical (unpaired) electrons. The van der Waals surface area contributed by atoms with Crippen molar-refractivity contribution in [3.05, 3.63) is 52.5 Å². The van der Waals surface area contributed by atoms with Gasteiger partial charge >= 0.3 is 0 Å². The standard InChI is InChI=1S/C17H14Cl2N4O/c18-14-6-11(7-15(19)22-14)21-17(24)13-9-23(8-10-3-4-10)16-12(13)2-1-5-20-16/h1-2,5-7,9-10H,3-4,8H2,(H,21,22,24). The first kappa shape index (κ1) is 15.4. The Labute approximate surface area is 148 Å². The van der Waals surface area contributed by atoms with Gasteiger partial charge in [0.1, 0.15) is 16.0 Å². The highest BCUT2D eigenvalue weighted by Gasteiger charge is 2.24. The van der Waals surface area contributed by atoms with Crippen molar-refractivity contribution in [1.29, 1.82) is 0 Å². The van der Waals surface area contributed by atoms with Gasteiger partial charge in [0.05, 0.1) is 5.56 Å². The second kappa shape index (κ2) is 6.07. The van der Waals surface area contributed by atoms with Crippen LogP contribution in [0.5, 0.6) is 0 Å². The van der Waals surface area contributed by atoms with Crippen molar-refractivity contribution in [2.75, 3.05) is 5.32 Å². The number of pyridine rings is 2. The zero-order valence-electron chi connectivity index (χ0n) is 12.7. The van der Waals surface area contributed by atoms with Crippen molar-refractivity contribution in [1.82, 2.24) is 14.5 Å². The molecule has 4 rings (SSSR count). The zero-order valence-corrected chi connectivity index (χ0v) is 14.2. The molecule has 0 bridgehead atoms. The molecule has 0 spiro atoms. The summed E-state index contributed by atoms with van der Waals surface area (Å²) in [6.07, 6.45) is 6.09. The number of anilines is 1. The molecule has 5 nitrogen and oxygen atoms in total. The molecule has 3 aromatic rings. The van der Waals surface area contributed by atoms with Crippen LogP contribution in [0, 0.1) is 5.92 Å². The third-order valence-corrected chi connectivity index (χ3v) is 4.44. The summed E-state index contributed by atoms with van der Waals surface area (Å²) in [6.45, 7) is 0.897. The highest BCUT2D eigenvalue weighted by molar-refractivity contribution is 6.33. The third kappa shape index (κ3) is 3.09. The van der Waals surface area contributed by atoms with Crippen LogP contribution in [0.4, 0.5) is 5.69 Å². The van der Waals surface area contributed by atoms with Crippen molar-refractivity contribution >= 4 is 45.8 Å². The summed E-state index contributed by atoms with van der Waals surface area (Å²) in [5, 5.41) is 4.12. The molecule has 1 N–H and O–H groups in total. The maximum atomic E-state index is 12.7. The minimum Gasteiger partial charge on any atom is -0.331 e. The summed E-state index contributed by atoms with van der Waals surface area (Å²) in [4.78, 5) is 21.0. The van der Waals surface area contributed by atoms with E-state index >= 15 is 0 Å². The van der Waals surface area contributed by atoms with Gasteiger partial charge < -0.3 is 9.88 Å². The molecule has 122 valence electrons. The Hall–Kier alpha value is -2.11. The maximum absolute atomic E-state index is 12.7. The molecule has 0 unspecified atom stereocenters. The molecular weight excluding hydrogens is 347 g/mol. The second-order valence-corrected chi connectivity index (χ2v) is 6.74. The quantitative estimate of drug-likeness (QED) is 0.701. The Morgan fingerprint density at radius 3 is 2.75 bits per heavy atom. The van der Waals surface area contributed by atoms with E-state index in [-0.39, 0.29) is 16.2 Å². The first-order valence-electron chi connectivity index (χ1n) is 7.68. The predicted molar refractivity (Wildman–Crippen MR) is 94.7 cm³/mol. The van der Waals surface area contributed by atoms with Crippen LogP contribution in [0.15, 0.2) is 36.7 Å². The minimum atomic E-state index is -0.221. The largest absolute Gasteiger partial charge is 0.331 e. The van der Waals surface area contributed by atoms with Crippen LogP contribution in [0.3, 0.4) is 0 Å². The van der Waals surface area contributed by atoms with Gasteiger partial charge in [0.25, 0.3) is 5.91 Å². The lowest BCUT2D eigenvalue weighted by Gasteiger charge is -2.05. The van der Waals surface area contributed by atoms with Crippen LogP contribution >= 0.6 is 23.2 Å². The number of carbonyl (C=O) groups excluding carboxylic acids is 1. The summed E-state index contributed by atoms with van der Waals surface area (Å²) in [6, 6.07) is 6.87. The van der Waals surface area contributed by atoms with E-state index in [1.165, 1.54) is 12.8 Å². The van der Waals surface area contributed by atoms with E-state index in [0.29, 0.717) is 17.2 Å². The highest BCUT2D eigenvalue weighted by atomic mass is 35.5. The van der Waals surface area contributed by atoms with Gasteiger partial charge in [-0.1, -0.05) is 23.2 Å². The van der Waals surface area contributed by atoms with Crippen molar-refractivity contribution in [2.45, 2.75) is 19.4 Å². The highest BCUT2D eigenvalue weighted by Crippen LogP contribution is 2.32. The van der Waals surface area contributed by atoms with Crippen LogP contribution in [-0.2, 0) is 6.54 Å². The number of nitrogens with zero attached hydrogens (tertiary/aromatic N) is 3. The molecule has 0 saturated heterocycles. The van der Waals surface area contributed by atoms with Crippen molar-refractivity contribution in [2.24, 2.45) is 5.92 Å². The van der Waals surface area contributed by atoms with Crippen molar-refractivity contribution in [3.63, 3.8) is 0 Å². The number of rotatable bonds is 4. The van der Waals surface area contributed by atoms with Gasteiger partial charge in [-0.3, -0.25) is 4.79 Å². The van der Waals surface area contributed by atoms with E-state index < -0.39 is 0 Å². The lowest BCUT2D eigenvalue weighted by atomic mass is 10.2. The summed E-state index contributed by atoms with van der Waals surface area (Å²) < 4.78 is 2.06. The Morgan fingerprint density at radius 2 is 2.04 bits per heavy atom. The summed E-state index contributed by atoms with van der Waals surface area (Å²) in [5.41, 5.74) is 1.93. The van der Waals surface area contributed by atoms with Crippen LogP contribution in [0.25, 0.3) is 11.0 Å².